The quantitative estimate of drug-likeness (QED) is 0.642. The molecule has 5 heteroatoms. The van der Waals surface area contributed by atoms with Gasteiger partial charge in [-0.1, -0.05) is 0 Å². The molecule has 2 aromatic heterocycles. The van der Waals surface area contributed by atoms with Gasteiger partial charge in [0.05, 0.1) is 11.9 Å². The number of nitrogens with zero attached hydrogens (tertiary/aromatic N) is 3. The molecule has 2 heterocycles. The third-order valence-electron chi connectivity index (χ3n) is 1.35. The first-order chi connectivity index (χ1) is 5.95. The van der Waals surface area contributed by atoms with E-state index in [1.165, 1.54) is 6.33 Å². The van der Waals surface area contributed by atoms with Crippen molar-refractivity contribution in [3.8, 4) is 0 Å². The molecule has 5 nitrogen and oxygen atoms in total. The Balaban J connectivity index is 2.14. The highest BCUT2D eigenvalue weighted by Gasteiger charge is 1.88. The van der Waals surface area contributed by atoms with Gasteiger partial charge in [-0.2, -0.15) is 10.1 Å². The molecule has 0 saturated heterocycles. The molecule has 2 rings (SSSR count). The van der Waals surface area contributed by atoms with E-state index in [2.05, 4.69) is 25.2 Å². The topological polar surface area (TPSA) is 69.7 Å². The highest BCUT2D eigenvalue weighted by atomic mass is 15.2. The molecule has 0 unspecified atom stereocenters. The van der Waals surface area contributed by atoms with Gasteiger partial charge in [0.15, 0.2) is 0 Å². The molecule has 0 saturated carbocycles. The Labute approximate surface area is 68.6 Å². The van der Waals surface area contributed by atoms with Gasteiger partial charge in [0.2, 0.25) is 5.95 Å². The summed E-state index contributed by atoms with van der Waals surface area (Å²) >= 11 is 0. The molecule has 0 aliphatic heterocycles. The predicted octanol–water partition coefficient (Wildman–Crippen LogP) is 0.883. The first kappa shape index (κ1) is 6.78. The summed E-state index contributed by atoms with van der Waals surface area (Å²) in [7, 11) is 0. The van der Waals surface area contributed by atoms with Crippen LogP contribution in [-0.2, 0) is 0 Å². The van der Waals surface area contributed by atoms with Crippen molar-refractivity contribution in [3.63, 3.8) is 0 Å². The number of hydrogen-bond acceptors (Lipinski definition) is 3. The van der Waals surface area contributed by atoms with Crippen LogP contribution in [0.4, 0.5) is 5.95 Å². The molecule has 2 N–H and O–H groups in total. The first-order valence-electron chi connectivity index (χ1n) is 3.48. The monoisotopic (exact) mass is 161 g/mol. The number of aromatic nitrogens is 4. The summed E-state index contributed by atoms with van der Waals surface area (Å²) < 4.78 is 0. The van der Waals surface area contributed by atoms with Crippen molar-refractivity contribution >= 4 is 12.2 Å². The molecule has 0 fully saturated rings. The third-order valence-corrected chi connectivity index (χ3v) is 1.35. The van der Waals surface area contributed by atoms with Crippen LogP contribution in [-0.4, -0.2) is 26.4 Å². The molecule has 0 bridgehead atoms. The zero-order chi connectivity index (χ0) is 8.23. The Morgan fingerprint density at radius 1 is 1.50 bits per heavy atom. The lowest BCUT2D eigenvalue weighted by Gasteiger charge is -1.82. The maximum Gasteiger partial charge on any atom is 0.245 e. The molecular weight excluding hydrogens is 154 g/mol. The van der Waals surface area contributed by atoms with Crippen LogP contribution in [0.15, 0.2) is 29.6 Å². The maximum atomic E-state index is 4.02. The zero-order valence-corrected chi connectivity index (χ0v) is 6.23. The molecule has 0 radical (unpaired) electrons. The van der Waals surface area contributed by atoms with Gasteiger partial charge >= 0.3 is 0 Å². The summed E-state index contributed by atoms with van der Waals surface area (Å²) in [5.74, 6) is 0.504. The van der Waals surface area contributed by atoms with Crippen molar-refractivity contribution in [2.24, 2.45) is 4.99 Å². The van der Waals surface area contributed by atoms with E-state index in [9.17, 15) is 0 Å². The Bertz CT molecular complexity index is 309. The molecular formula is C7H7N5. The Morgan fingerprint density at radius 3 is 3.17 bits per heavy atom. The van der Waals surface area contributed by atoms with Crippen molar-refractivity contribution in [1.82, 2.24) is 20.2 Å². The summed E-state index contributed by atoms with van der Waals surface area (Å²) in [6, 6.07) is 3.82. The number of aromatic amines is 2. The average molecular weight is 161 g/mol. The fourth-order valence-electron chi connectivity index (χ4n) is 0.816. The van der Waals surface area contributed by atoms with Crippen molar-refractivity contribution < 1.29 is 0 Å². The van der Waals surface area contributed by atoms with Gasteiger partial charge in [0.25, 0.3) is 0 Å². The van der Waals surface area contributed by atoms with Gasteiger partial charge in [-0.3, -0.25) is 0 Å². The predicted molar refractivity (Wildman–Crippen MR) is 44.4 cm³/mol. The second-order valence-electron chi connectivity index (χ2n) is 2.19. The standard InChI is InChI=1S/C7H7N5/c1-2-6(8-3-1)4-9-7-10-5-11-12-7/h1-5,8H,(H,10,11,12)/b9-4+. The van der Waals surface area contributed by atoms with Crippen molar-refractivity contribution in [1.29, 1.82) is 0 Å². The van der Waals surface area contributed by atoms with Crippen LogP contribution in [0.25, 0.3) is 0 Å². The number of nitrogens with one attached hydrogen (secondary N) is 2. The largest absolute Gasteiger partial charge is 0.360 e. The van der Waals surface area contributed by atoms with Gasteiger partial charge in [-0.05, 0) is 12.1 Å². The minimum absolute atomic E-state index is 0.504. The SMILES string of the molecule is C(=N\c1ncn[nH]1)/c1ccc[nH]1. The van der Waals surface area contributed by atoms with Crippen molar-refractivity contribution in [2.45, 2.75) is 0 Å². The molecule has 2 aromatic rings. The van der Waals surface area contributed by atoms with E-state index in [0.29, 0.717) is 5.95 Å². The van der Waals surface area contributed by atoms with Gasteiger partial charge in [-0.25, -0.2) is 10.1 Å². The fourth-order valence-corrected chi connectivity index (χ4v) is 0.816. The Morgan fingerprint density at radius 2 is 2.50 bits per heavy atom. The van der Waals surface area contributed by atoms with E-state index in [1.54, 1.807) is 6.21 Å². The van der Waals surface area contributed by atoms with Gasteiger partial charge < -0.3 is 4.98 Å². The van der Waals surface area contributed by atoms with E-state index in [-0.39, 0.29) is 0 Å². The second kappa shape index (κ2) is 3.00. The van der Waals surface area contributed by atoms with Crippen molar-refractivity contribution in [2.75, 3.05) is 0 Å². The molecule has 0 aliphatic rings. The molecule has 0 aliphatic carbocycles. The summed E-state index contributed by atoms with van der Waals surface area (Å²) in [6.45, 7) is 0. The van der Waals surface area contributed by atoms with Gasteiger partial charge in [0, 0.05) is 6.20 Å². The molecule has 60 valence electrons. The minimum Gasteiger partial charge on any atom is -0.360 e. The lowest BCUT2D eigenvalue weighted by atomic mass is 10.5. The second-order valence-corrected chi connectivity index (χ2v) is 2.19. The molecule has 12 heavy (non-hydrogen) atoms. The number of rotatable bonds is 2. The highest BCUT2D eigenvalue weighted by molar-refractivity contribution is 5.78. The van der Waals surface area contributed by atoms with Crippen LogP contribution in [0.5, 0.6) is 0 Å². The van der Waals surface area contributed by atoms with E-state index in [4.69, 9.17) is 0 Å². The normalized spacial score (nSPS) is 11.0. The van der Waals surface area contributed by atoms with Crippen LogP contribution >= 0.6 is 0 Å². The molecule has 0 atom stereocenters. The average Bonchev–Trinajstić information content (AvgIpc) is 2.74. The van der Waals surface area contributed by atoms with Crippen LogP contribution in [0.1, 0.15) is 5.69 Å². The Hall–Kier alpha value is -1.91. The van der Waals surface area contributed by atoms with Crippen molar-refractivity contribution in [3.05, 3.63) is 30.4 Å². The minimum atomic E-state index is 0.504. The lowest BCUT2D eigenvalue weighted by molar-refractivity contribution is 1.08. The van der Waals surface area contributed by atoms with Crippen LogP contribution in [0.3, 0.4) is 0 Å². The van der Waals surface area contributed by atoms with Crippen LogP contribution in [0, 0.1) is 0 Å². The number of aliphatic imine (C=N–C) groups is 1. The summed E-state index contributed by atoms with van der Waals surface area (Å²) in [4.78, 5) is 10.8. The number of H-pyrrole nitrogens is 2. The van der Waals surface area contributed by atoms with E-state index in [0.717, 1.165) is 5.69 Å². The number of hydrogen-bond donors (Lipinski definition) is 2. The lowest BCUT2D eigenvalue weighted by Crippen LogP contribution is -1.78. The van der Waals surface area contributed by atoms with Gasteiger partial charge in [-0.15, -0.1) is 0 Å². The maximum absolute atomic E-state index is 4.02. The molecule has 0 aromatic carbocycles. The third kappa shape index (κ3) is 1.39. The highest BCUT2D eigenvalue weighted by Crippen LogP contribution is 1.98. The summed E-state index contributed by atoms with van der Waals surface area (Å²) in [5, 5.41) is 6.29. The summed E-state index contributed by atoms with van der Waals surface area (Å²) in [6.07, 6.45) is 4.93. The Kier molecular flexibility index (Phi) is 1.69. The molecule has 0 amide bonds. The van der Waals surface area contributed by atoms with Gasteiger partial charge in [0.1, 0.15) is 6.33 Å². The first-order valence-corrected chi connectivity index (χ1v) is 3.48. The summed E-state index contributed by atoms with van der Waals surface area (Å²) in [5.41, 5.74) is 0.936. The van der Waals surface area contributed by atoms with E-state index in [1.807, 2.05) is 18.3 Å². The van der Waals surface area contributed by atoms with E-state index >= 15 is 0 Å². The van der Waals surface area contributed by atoms with E-state index < -0.39 is 0 Å². The zero-order valence-electron chi connectivity index (χ0n) is 6.23. The smallest absolute Gasteiger partial charge is 0.245 e. The molecule has 0 spiro atoms. The fraction of sp³-hybridized carbons (Fsp3) is 0. The van der Waals surface area contributed by atoms with Crippen LogP contribution < -0.4 is 0 Å². The van der Waals surface area contributed by atoms with Crippen LogP contribution in [0.2, 0.25) is 0 Å².